The summed E-state index contributed by atoms with van der Waals surface area (Å²) in [6, 6.07) is 7.32. The molecule has 1 unspecified atom stereocenters. The van der Waals surface area contributed by atoms with Gasteiger partial charge in [0.05, 0.1) is 12.9 Å². The van der Waals surface area contributed by atoms with E-state index in [-0.39, 0.29) is 5.92 Å². The lowest BCUT2D eigenvalue weighted by Crippen LogP contribution is -2.12. The molecule has 0 saturated heterocycles. The van der Waals surface area contributed by atoms with Crippen LogP contribution < -0.4 is 4.74 Å². The van der Waals surface area contributed by atoms with Crippen LogP contribution in [-0.4, -0.2) is 21.3 Å². The molecule has 0 bridgehead atoms. The van der Waals surface area contributed by atoms with Crippen molar-refractivity contribution in [3.8, 4) is 5.75 Å². The van der Waals surface area contributed by atoms with E-state index in [0.717, 1.165) is 5.56 Å². The SMILES string of the molecule is COc1ccccc1CC(C)CS(=O)(=O)F. The molecule has 0 aromatic heterocycles. The number of para-hydroxylation sites is 1. The van der Waals surface area contributed by atoms with Gasteiger partial charge in [0, 0.05) is 0 Å². The van der Waals surface area contributed by atoms with Crippen molar-refractivity contribution in [3.05, 3.63) is 29.8 Å². The van der Waals surface area contributed by atoms with Crippen LogP contribution in [-0.2, 0) is 16.6 Å². The van der Waals surface area contributed by atoms with Gasteiger partial charge in [-0.1, -0.05) is 25.1 Å². The number of methoxy groups -OCH3 is 1. The van der Waals surface area contributed by atoms with Gasteiger partial charge in [-0.3, -0.25) is 0 Å². The molecule has 0 aliphatic heterocycles. The monoisotopic (exact) mass is 246 g/mol. The van der Waals surface area contributed by atoms with Crippen molar-refractivity contribution in [1.29, 1.82) is 0 Å². The number of ether oxygens (including phenoxy) is 1. The van der Waals surface area contributed by atoms with Crippen LogP contribution in [0.5, 0.6) is 5.75 Å². The molecule has 16 heavy (non-hydrogen) atoms. The van der Waals surface area contributed by atoms with Crippen molar-refractivity contribution < 1.29 is 17.0 Å². The van der Waals surface area contributed by atoms with Gasteiger partial charge in [-0.15, -0.1) is 3.89 Å². The van der Waals surface area contributed by atoms with E-state index in [1.165, 1.54) is 0 Å². The maximum absolute atomic E-state index is 12.5. The van der Waals surface area contributed by atoms with E-state index < -0.39 is 16.0 Å². The van der Waals surface area contributed by atoms with Gasteiger partial charge < -0.3 is 4.74 Å². The topological polar surface area (TPSA) is 43.4 Å². The minimum Gasteiger partial charge on any atom is -0.496 e. The number of halogens is 1. The van der Waals surface area contributed by atoms with Crippen molar-refractivity contribution in [2.75, 3.05) is 12.9 Å². The Morgan fingerprint density at radius 2 is 2.00 bits per heavy atom. The van der Waals surface area contributed by atoms with Crippen LogP contribution in [0.2, 0.25) is 0 Å². The van der Waals surface area contributed by atoms with Crippen LogP contribution in [0.15, 0.2) is 24.3 Å². The second-order valence-electron chi connectivity index (χ2n) is 3.83. The van der Waals surface area contributed by atoms with E-state index in [2.05, 4.69) is 0 Å². The molecule has 0 amide bonds. The molecular weight excluding hydrogens is 231 g/mol. The van der Waals surface area contributed by atoms with Gasteiger partial charge >= 0.3 is 10.2 Å². The summed E-state index contributed by atoms with van der Waals surface area (Å²) in [5.41, 5.74) is 0.890. The van der Waals surface area contributed by atoms with E-state index in [9.17, 15) is 12.3 Å². The van der Waals surface area contributed by atoms with Gasteiger partial charge in [-0.05, 0) is 24.0 Å². The summed E-state index contributed by atoms with van der Waals surface area (Å²) < 4.78 is 38.6. The third kappa shape index (κ3) is 4.18. The first-order valence-corrected chi connectivity index (χ1v) is 6.52. The van der Waals surface area contributed by atoms with Crippen LogP contribution in [0.25, 0.3) is 0 Å². The normalized spacial score (nSPS) is 13.4. The maximum atomic E-state index is 12.5. The van der Waals surface area contributed by atoms with Crippen molar-refractivity contribution >= 4 is 10.2 Å². The Kier molecular flexibility index (Phi) is 4.29. The fourth-order valence-electron chi connectivity index (χ4n) is 1.65. The largest absolute Gasteiger partial charge is 0.496 e. The predicted octanol–water partition coefficient (Wildman–Crippen LogP) is 2.17. The standard InChI is InChI=1S/C11H15FO3S/c1-9(8-16(12,13)14)7-10-5-3-4-6-11(10)15-2/h3-6,9H,7-8H2,1-2H3. The number of hydrogen-bond acceptors (Lipinski definition) is 3. The molecule has 0 N–H and O–H groups in total. The Balaban J connectivity index is 2.73. The Morgan fingerprint density at radius 1 is 1.38 bits per heavy atom. The summed E-state index contributed by atoms with van der Waals surface area (Å²) in [4.78, 5) is 0. The summed E-state index contributed by atoms with van der Waals surface area (Å²) in [5.74, 6) is -0.0256. The van der Waals surface area contributed by atoms with Gasteiger partial charge in [0.1, 0.15) is 5.75 Å². The molecule has 0 saturated carbocycles. The molecule has 1 atom stereocenters. The third-order valence-electron chi connectivity index (χ3n) is 2.24. The van der Waals surface area contributed by atoms with Gasteiger partial charge in [0.15, 0.2) is 0 Å². The van der Waals surface area contributed by atoms with E-state index in [4.69, 9.17) is 4.74 Å². The highest BCUT2D eigenvalue weighted by Gasteiger charge is 2.15. The lowest BCUT2D eigenvalue weighted by atomic mass is 10.0. The first kappa shape index (κ1) is 13.0. The molecule has 0 fully saturated rings. The van der Waals surface area contributed by atoms with Gasteiger partial charge in [-0.25, -0.2) is 0 Å². The molecule has 1 rings (SSSR count). The van der Waals surface area contributed by atoms with Crippen LogP contribution in [0.3, 0.4) is 0 Å². The van der Waals surface area contributed by atoms with E-state index in [1.54, 1.807) is 20.1 Å². The molecule has 0 radical (unpaired) electrons. The summed E-state index contributed by atoms with van der Waals surface area (Å²) >= 11 is 0. The first-order valence-electron chi connectivity index (χ1n) is 4.96. The number of rotatable bonds is 5. The average Bonchev–Trinajstić information content (AvgIpc) is 2.15. The fraction of sp³-hybridized carbons (Fsp3) is 0.455. The maximum Gasteiger partial charge on any atom is 0.302 e. The zero-order valence-corrected chi connectivity index (χ0v) is 10.1. The van der Waals surface area contributed by atoms with Crippen LogP contribution in [0.1, 0.15) is 12.5 Å². The Labute approximate surface area is 95.5 Å². The van der Waals surface area contributed by atoms with Crippen LogP contribution >= 0.6 is 0 Å². The summed E-state index contributed by atoms with van der Waals surface area (Å²) in [6.45, 7) is 1.70. The molecule has 0 spiro atoms. The minimum absolute atomic E-state index is 0.272. The molecule has 0 aliphatic rings. The van der Waals surface area contributed by atoms with E-state index >= 15 is 0 Å². The van der Waals surface area contributed by atoms with Gasteiger partial charge in [0.2, 0.25) is 0 Å². The zero-order chi connectivity index (χ0) is 12.2. The molecule has 5 heteroatoms. The van der Waals surface area contributed by atoms with Crippen molar-refractivity contribution in [1.82, 2.24) is 0 Å². The summed E-state index contributed by atoms with van der Waals surface area (Å²) in [7, 11) is -2.85. The fourth-order valence-corrected chi connectivity index (χ4v) is 2.44. The Morgan fingerprint density at radius 3 is 2.56 bits per heavy atom. The molecule has 90 valence electrons. The summed E-state index contributed by atoms with van der Waals surface area (Å²) in [6.07, 6.45) is 0.479. The predicted molar refractivity (Wildman–Crippen MR) is 60.8 cm³/mol. The molecule has 0 aliphatic carbocycles. The highest BCUT2D eigenvalue weighted by atomic mass is 32.3. The van der Waals surface area contributed by atoms with Crippen molar-refractivity contribution in [2.24, 2.45) is 5.92 Å². The number of hydrogen-bond donors (Lipinski definition) is 0. The van der Waals surface area contributed by atoms with E-state index in [0.29, 0.717) is 12.2 Å². The molecule has 1 aromatic carbocycles. The molecule has 3 nitrogen and oxygen atoms in total. The van der Waals surface area contributed by atoms with Crippen LogP contribution in [0, 0.1) is 5.92 Å². The highest BCUT2D eigenvalue weighted by molar-refractivity contribution is 7.86. The minimum atomic E-state index is -4.40. The highest BCUT2D eigenvalue weighted by Crippen LogP contribution is 2.21. The first-order chi connectivity index (χ1) is 7.42. The van der Waals surface area contributed by atoms with Crippen molar-refractivity contribution in [2.45, 2.75) is 13.3 Å². The van der Waals surface area contributed by atoms with Gasteiger partial charge in [0.25, 0.3) is 0 Å². The van der Waals surface area contributed by atoms with E-state index in [1.807, 2.05) is 18.2 Å². The lowest BCUT2D eigenvalue weighted by molar-refractivity contribution is 0.406. The quantitative estimate of drug-likeness (QED) is 0.748. The lowest BCUT2D eigenvalue weighted by Gasteiger charge is -2.12. The van der Waals surface area contributed by atoms with Crippen molar-refractivity contribution in [3.63, 3.8) is 0 Å². The Bertz CT molecular complexity index is 442. The second-order valence-corrected chi connectivity index (χ2v) is 5.24. The molecule has 0 heterocycles. The second kappa shape index (κ2) is 5.30. The molecular formula is C11H15FO3S. The smallest absolute Gasteiger partial charge is 0.302 e. The van der Waals surface area contributed by atoms with Gasteiger partial charge in [-0.2, -0.15) is 8.42 Å². The third-order valence-corrected chi connectivity index (χ3v) is 3.21. The summed E-state index contributed by atoms with van der Waals surface area (Å²) in [5, 5.41) is 0. The zero-order valence-electron chi connectivity index (χ0n) is 9.31. The molecule has 1 aromatic rings. The average molecular weight is 246 g/mol. The Hall–Kier alpha value is -1.10. The number of benzene rings is 1. The van der Waals surface area contributed by atoms with Crippen LogP contribution in [0.4, 0.5) is 3.89 Å².